The molecule has 2 saturated heterocycles. The van der Waals surface area contributed by atoms with Gasteiger partial charge in [0.1, 0.15) is 41.5 Å². The molecule has 0 saturated carbocycles. The number of allylic oxidation sites excluding steroid dienone is 2. The lowest BCUT2D eigenvalue weighted by Gasteiger charge is -2.48. The summed E-state index contributed by atoms with van der Waals surface area (Å²) in [5.74, 6) is -5.59. The second-order valence-electron chi connectivity index (χ2n) is 17.0. The smallest absolute Gasteiger partial charge is 0.338 e. The molecule has 1 aliphatic carbocycles. The zero-order valence-electron chi connectivity index (χ0n) is 34.8. The number of benzene rings is 2. The zero-order chi connectivity index (χ0) is 42.9. The number of aliphatic hydroxyl groups is 1. The van der Waals surface area contributed by atoms with Crippen LogP contribution in [0.15, 0.2) is 108 Å². The highest BCUT2D eigenvalue weighted by Gasteiger charge is 2.61. The van der Waals surface area contributed by atoms with Crippen LogP contribution in [0.2, 0.25) is 0 Å². The summed E-state index contributed by atoms with van der Waals surface area (Å²) in [6, 6.07) is 10.1. The highest BCUT2D eigenvalue weighted by Crippen LogP contribution is 2.48. The van der Waals surface area contributed by atoms with Crippen molar-refractivity contribution in [2.75, 3.05) is 6.61 Å². The van der Waals surface area contributed by atoms with E-state index in [0.717, 1.165) is 24.1 Å². The van der Waals surface area contributed by atoms with Gasteiger partial charge in [0.2, 0.25) is 0 Å². The predicted octanol–water partition coefficient (Wildman–Crippen LogP) is 8.31. The molecule has 320 valence electrons. The lowest BCUT2D eigenvalue weighted by Crippen LogP contribution is -2.59. The highest BCUT2D eigenvalue weighted by atomic mass is 19.1. The van der Waals surface area contributed by atoms with Crippen molar-refractivity contribution in [2.45, 2.75) is 115 Å². The third kappa shape index (κ3) is 8.84. The summed E-state index contributed by atoms with van der Waals surface area (Å²) in [6.45, 7) is 11.7. The summed E-state index contributed by atoms with van der Waals surface area (Å²) in [5, 5.41) is 12.8. The van der Waals surface area contributed by atoms with E-state index in [0.29, 0.717) is 24.0 Å². The van der Waals surface area contributed by atoms with Crippen molar-refractivity contribution in [1.29, 1.82) is 0 Å². The fourth-order valence-electron chi connectivity index (χ4n) is 9.02. The van der Waals surface area contributed by atoms with E-state index in [1.807, 2.05) is 32.1 Å². The Morgan fingerprint density at radius 2 is 1.52 bits per heavy atom. The van der Waals surface area contributed by atoms with Gasteiger partial charge < -0.3 is 33.5 Å². The Kier molecular flexibility index (Phi) is 12.8. The van der Waals surface area contributed by atoms with Gasteiger partial charge in [-0.3, -0.25) is 4.79 Å². The van der Waals surface area contributed by atoms with Gasteiger partial charge >= 0.3 is 17.9 Å². The van der Waals surface area contributed by atoms with E-state index in [4.69, 9.17) is 28.4 Å². The molecule has 0 unspecified atom stereocenters. The molecule has 10 nitrogen and oxygen atoms in total. The van der Waals surface area contributed by atoms with E-state index in [9.17, 15) is 28.3 Å². The Morgan fingerprint density at radius 1 is 0.883 bits per heavy atom. The molecule has 2 fully saturated rings. The number of hydrogen-bond acceptors (Lipinski definition) is 10. The molecule has 2 aromatic rings. The summed E-state index contributed by atoms with van der Waals surface area (Å²) in [6.07, 6.45) is 10.1. The number of hydrogen-bond donors (Lipinski definition) is 1. The number of carbonyl (C=O) groups excluding carboxylic acids is 3. The average molecular weight is 829 g/mol. The molecule has 2 aromatic carbocycles. The van der Waals surface area contributed by atoms with E-state index >= 15 is 0 Å². The Morgan fingerprint density at radius 3 is 2.15 bits per heavy atom. The third-order valence-corrected chi connectivity index (χ3v) is 12.6. The van der Waals surface area contributed by atoms with Crippen LogP contribution in [0.5, 0.6) is 0 Å². The van der Waals surface area contributed by atoms with E-state index in [2.05, 4.69) is 26.8 Å². The molecule has 7 rings (SSSR count). The van der Waals surface area contributed by atoms with E-state index in [1.165, 1.54) is 36.4 Å². The quantitative estimate of drug-likeness (QED) is 0.173. The molecule has 12 heteroatoms. The maximum atomic E-state index is 14.6. The molecule has 12 atom stereocenters. The van der Waals surface area contributed by atoms with Crippen LogP contribution >= 0.6 is 0 Å². The Bertz CT molecular complexity index is 2090. The van der Waals surface area contributed by atoms with Gasteiger partial charge in [0, 0.05) is 24.7 Å². The van der Waals surface area contributed by atoms with Gasteiger partial charge in [0.25, 0.3) is 0 Å². The van der Waals surface area contributed by atoms with Gasteiger partial charge in [0.05, 0.1) is 29.9 Å². The van der Waals surface area contributed by atoms with E-state index in [1.54, 1.807) is 25.2 Å². The first-order valence-corrected chi connectivity index (χ1v) is 20.9. The van der Waals surface area contributed by atoms with Crippen molar-refractivity contribution < 1.29 is 56.7 Å². The van der Waals surface area contributed by atoms with Crippen LogP contribution in [0.1, 0.15) is 87.9 Å². The molecule has 1 spiro atoms. The van der Waals surface area contributed by atoms with Crippen LogP contribution in [-0.2, 0) is 33.2 Å². The third-order valence-electron chi connectivity index (χ3n) is 12.6. The second kappa shape index (κ2) is 17.7. The van der Waals surface area contributed by atoms with Gasteiger partial charge in [-0.25, -0.2) is 18.4 Å². The van der Waals surface area contributed by atoms with Gasteiger partial charge in [-0.15, -0.1) is 0 Å². The van der Waals surface area contributed by atoms with Crippen LogP contribution in [-0.4, -0.2) is 77.6 Å². The molecular formula is C48H54F2O10. The van der Waals surface area contributed by atoms with Gasteiger partial charge in [-0.2, -0.15) is 0 Å². The molecular weight excluding hydrogens is 775 g/mol. The number of ether oxygens (including phenoxy) is 6. The SMILES string of the molecule is CC[C@H](C)[C@H]1O[C@]2(C=C[C@@H]1C)C[C@@H]1C[C@@H](C/C=C(\C)[C@@H](OC(=O)c3ccc(F)cc3)[C@@H](C)/C=C/C=C3\CO[C@@H]4[C@H](OC(=O)c5ccc(F)cc5)C(C)=C[C@@H](C(=O)O1)[C@]34O)O2. The Labute approximate surface area is 349 Å². The van der Waals surface area contributed by atoms with Crippen LogP contribution in [0.3, 0.4) is 0 Å². The minimum absolute atomic E-state index is 0.104. The molecule has 2 bridgehead atoms. The summed E-state index contributed by atoms with van der Waals surface area (Å²) in [5.41, 5.74) is -0.160. The first kappa shape index (κ1) is 43.3. The fourth-order valence-corrected chi connectivity index (χ4v) is 9.02. The normalized spacial score (nSPS) is 37.0. The second-order valence-corrected chi connectivity index (χ2v) is 17.0. The van der Waals surface area contributed by atoms with Crippen LogP contribution in [0, 0.1) is 35.3 Å². The largest absolute Gasteiger partial charge is 0.462 e. The Balaban J connectivity index is 1.28. The lowest BCUT2D eigenvalue weighted by molar-refractivity contribution is -0.300. The Hall–Kier alpha value is -4.75. The molecule has 0 aromatic heterocycles. The molecule has 4 heterocycles. The standard InChI is InChI=1S/C48H54F2O10/c1-7-27(2)41-30(5)21-22-47(60-41)25-38-24-37(59-47)20-11-29(4)40(57-44(51)32-12-16-35(49)17-13-32)28(3)9-8-10-34-26-55-43-42(58-45(52)33-14-18-36(50)19-15-33)31(6)23-39(46(53)56-38)48(34,43)54/h8-19,21-23,27-28,30,37-43,54H,7,20,24-26H2,1-6H3/b9-8+,29-11+,34-10+/t27-,28-,30-,37+,38-,39-,40-,41+,42+,43+,47+,48+/m0/s1. The maximum Gasteiger partial charge on any atom is 0.338 e. The molecule has 4 aliphatic heterocycles. The first-order chi connectivity index (χ1) is 28.6. The highest BCUT2D eigenvalue weighted by molar-refractivity contribution is 5.90. The van der Waals surface area contributed by atoms with E-state index < -0.39 is 83.3 Å². The van der Waals surface area contributed by atoms with Crippen molar-refractivity contribution in [3.05, 3.63) is 131 Å². The summed E-state index contributed by atoms with van der Waals surface area (Å²) in [4.78, 5) is 41.4. The number of fused-ring (bicyclic) bond motifs is 2. The number of carbonyl (C=O) groups is 3. The van der Waals surface area contributed by atoms with Crippen molar-refractivity contribution in [3.63, 3.8) is 0 Å². The predicted molar refractivity (Wildman–Crippen MR) is 217 cm³/mol. The summed E-state index contributed by atoms with van der Waals surface area (Å²) >= 11 is 0. The van der Waals surface area contributed by atoms with Crippen molar-refractivity contribution >= 4 is 17.9 Å². The van der Waals surface area contributed by atoms with E-state index in [-0.39, 0.29) is 42.1 Å². The number of rotatable bonds is 6. The lowest BCUT2D eigenvalue weighted by atomic mass is 9.70. The van der Waals surface area contributed by atoms with Gasteiger partial charge in [-0.1, -0.05) is 70.6 Å². The maximum absolute atomic E-state index is 14.6. The average Bonchev–Trinajstić information content (AvgIpc) is 3.56. The van der Waals surface area contributed by atoms with Crippen molar-refractivity contribution in [1.82, 2.24) is 0 Å². The molecule has 5 aliphatic rings. The van der Waals surface area contributed by atoms with Crippen LogP contribution in [0.4, 0.5) is 8.78 Å². The monoisotopic (exact) mass is 828 g/mol. The summed E-state index contributed by atoms with van der Waals surface area (Å²) in [7, 11) is 0. The van der Waals surface area contributed by atoms with Gasteiger partial charge in [0.15, 0.2) is 11.9 Å². The van der Waals surface area contributed by atoms with Gasteiger partial charge in [-0.05, 0) is 97.5 Å². The minimum atomic E-state index is -2.01. The first-order valence-electron chi connectivity index (χ1n) is 20.9. The fraction of sp³-hybridized carbons (Fsp3) is 0.479. The molecule has 1 N–H and O–H groups in total. The minimum Gasteiger partial charge on any atom is -0.462 e. The van der Waals surface area contributed by atoms with Crippen molar-refractivity contribution in [2.24, 2.45) is 23.7 Å². The summed E-state index contributed by atoms with van der Waals surface area (Å²) < 4.78 is 65.7. The number of halogens is 2. The zero-order valence-corrected chi connectivity index (χ0v) is 34.8. The number of esters is 3. The molecule has 0 amide bonds. The van der Waals surface area contributed by atoms with Crippen molar-refractivity contribution in [3.8, 4) is 0 Å². The molecule has 0 radical (unpaired) electrons. The molecule has 60 heavy (non-hydrogen) atoms. The topological polar surface area (TPSA) is 127 Å². The van der Waals surface area contributed by atoms with Crippen LogP contribution < -0.4 is 0 Å². The van der Waals surface area contributed by atoms with Crippen LogP contribution in [0.25, 0.3) is 0 Å².